The molecule has 2 aliphatic rings. The molecule has 1 N–H and O–H groups in total. The van der Waals surface area contributed by atoms with Crippen LogP contribution in [0, 0.1) is 5.92 Å². The van der Waals surface area contributed by atoms with E-state index in [2.05, 4.69) is 70.0 Å². The summed E-state index contributed by atoms with van der Waals surface area (Å²) in [5, 5.41) is 3.28. The monoisotopic (exact) mass is 415 g/mol. The van der Waals surface area contributed by atoms with E-state index in [9.17, 15) is 4.79 Å². The Morgan fingerprint density at radius 1 is 1.03 bits per heavy atom. The summed E-state index contributed by atoms with van der Waals surface area (Å²) in [6.07, 6.45) is 2.79. The second-order valence-corrected chi connectivity index (χ2v) is 9.96. The number of hydrogen-bond acceptors (Lipinski definition) is 3. The molecule has 3 rings (SSSR count). The molecule has 2 fully saturated rings. The van der Waals surface area contributed by atoms with Crippen LogP contribution in [-0.4, -0.2) is 60.8 Å². The van der Waals surface area contributed by atoms with E-state index in [1.165, 1.54) is 11.1 Å². The first-order chi connectivity index (χ1) is 14.2. The maximum atomic E-state index is 13.1. The average molecular weight is 416 g/mol. The first kappa shape index (κ1) is 23.1. The van der Waals surface area contributed by atoms with E-state index in [4.69, 9.17) is 4.74 Å². The predicted molar refractivity (Wildman–Crippen MR) is 124 cm³/mol. The number of hydrogen-bond donors (Lipinski definition) is 1. The van der Waals surface area contributed by atoms with Crippen LogP contribution in [0.5, 0.6) is 0 Å². The minimum atomic E-state index is 0.0528. The quantitative estimate of drug-likeness (QED) is 0.711. The molecule has 1 aromatic rings. The second kappa shape index (κ2) is 10.1. The van der Waals surface area contributed by atoms with Gasteiger partial charge >= 0.3 is 6.03 Å². The van der Waals surface area contributed by atoms with Gasteiger partial charge in [-0.1, -0.05) is 45.9 Å². The Labute approximate surface area is 183 Å². The molecule has 2 heterocycles. The highest BCUT2D eigenvalue weighted by Gasteiger charge is 2.28. The van der Waals surface area contributed by atoms with Crippen LogP contribution in [0.25, 0.3) is 0 Å². The fraction of sp³-hybridized carbons (Fsp3) is 0.720. The van der Waals surface area contributed by atoms with Crippen molar-refractivity contribution in [2.45, 2.75) is 78.4 Å². The molecule has 5 nitrogen and oxygen atoms in total. The highest BCUT2D eigenvalue weighted by molar-refractivity contribution is 5.91. The number of likely N-dealkylation sites (tertiary alicyclic amines) is 1. The SMILES string of the molecule is CC(C)c1cccc(C(C)C)c1NC(=O)N1CCC(CN2C[C@H](C)O[C@@H](C)C2)CC1. The van der Waals surface area contributed by atoms with E-state index >= 15 is 0 Å². The molecule has 0 radical (unpaired) electrons. The van der Waals surface area contributed by atoms with Gasteiger partial charge in [0.2, 0.25) is 0 Å². The summed E-state index contributed by atoms with van der Waals surface area (Å²) in [5.74, 6) is 1.42. The Hall–Kier alpha value is -1.59. The molecule has 2 aliphatic heterocycles. The van der Waals surface area contributed by atoms with Crippen LogP contribution in [0.3, 0.4) is 0 Å². The Kier molecular flexibility index (Phi) is 7.81. The highest BCUT2D eigenvalue weighted by Crippen LogP contribution is 2.33. The van der Waals surface area contributed by atoms with Gasteiger partial charge in [0.1, 0.15) is 0 Å². The van der Waals surface area contributed by atoms with Crippen LogP contribution in [-0.2, 0) is 4.74 Å². The Bertz CT molecular complexity index is 674. The fourth-order valence-electron chi connectivity index (χ4n) is 5.00. The third-order valence-electron chi connectivity index (χ3n) is 6.52. The van der Waals surface area contributed by atoms with Gasteiger partial charge in [0.05, 0.1) is 12.2 Å². The lowest BCUT2D eigenvalue weighted by molar-refractivity contribution is -0.0728. The molecule has 0 unspecified atom stereocenters. The summed E-state index contributed by atoms with van der Waals surface area (Å²) in [7, 11) is 0. The first-order valence-electron chi connectivity index (χ1n) is 11.8. The van der Waals surface area contributed by atoms with Gasteiger partial charge in [-0.15, -0.1) is 0 Å². The van der Waals surface area contributed by atoms with Crippen molar-refractivity contribution in [3.63, 3.8) is 0 Å². The fourth-order valence-corrected chi connectivity index (χ4v) is 5.00. The summed E-state index contributed by atoms with van der Waals surface area (Å²) >= 11 is 0. The normalized spacial score (nSPS) is 23.9. The standard InChI is InChI=1S/C25H41N3O2/c1-17(2)22-8-7-9-23(18(3)4)24(22)26-25(29)28-12-10-21(11-13-28)16-27-14-19(5)30-20(6)15-27/h7-9,17-21H,10-16H2,1-6H3,(H,26,29)/t19-,20-/m0/s1. The lowest BCUT2D eigenvalue weighted by Crippen LogP contribution is -2.49. The van der Waals surface area contributed by atoms with E-state index < -0.39 is 0 Å². The number of nitrogens with zero attached hydrogens (tertiary/aromatic N) is 2. The lowest BCUT2D eigenvalue weighted by Gasteiger charge is -2.39. The molecule has 168 valence electrons. The van der Waals surface area contributed by atoms with E-state index in [-0.39, 0.29) is 6.03 Å². The van der Waals surface area contributed by atoms with Crippen LogP contribution in [0.1, 0.15) is 77.3 Å². The van der Waals surface area contributed by atoms with Gasteiger partial charge in [-0.3, -0.25) is 4.90 Å². The van der Waals surface area contributed by atoms with Crippen LogP contribution >= 0.6 is 0 Å². The molecule has 2 atom stereocenters. The van der Waals surface area contributed by atoms with E-state index in [0.717, 1.165) is 51.3 Å². The van der Waals surface area contributed by atoms with Crippen molar-refractivity contribution < 1.29 is 9.53 Å². The summed E-state index contributed by atoms with van der Waals surface area (Å²) < 4.78 is 5.86. The van der Waals surface area contributed by atoms with Gasteiger partial charge in [0.25, 0.3) is 0 Å². The van der Waals surface area contributed by atoms with Crippen molar-refractivity contribution in [1.82, 2.24) is 9.80 Å². The molecule has 0 aromatic heterocycles. The molecule has 0 spiro atoms. The molecule has 30 heavy (non-hydrogen) atoms. The van der Waals surface area contributed by atoms with Crippen LogP contribution < -0.4 is 5.32 Å². The summed E-state index contributed by atoms with van der Waals surface area (Å²) in [5.41, 5.74) is 3.46. The number of morpholine rings is 1. The van der Waals surface area contributed by atoms with Gasteiger partial charge in [-0.25, -0.2) is 4.79 Å². The molecule has 1 aromatic carbocycles. The molecule has 5 heteroatoms. The number of piperidine rings is 1. The predicted octanol–water partition coefficient (Wildman–Crippen LogP) is 5.29. The number of carbonyl (C=O) groups excluding carboxylic acids is 1. The minimum Gasteiger partial charge on any atom is -0.373 e. The van der Waals surface area contributed by atoms with Crippen LogP contribution in [0.15, 0.2) is 18.2 Å². The number of para-hydroxylation sites is 1. The number of anilines is 1. The van der Waals surface area contributed by atoms with Gasteiger partial charge < -0.3 is 15.0 Å². The number of urea groups is 1. The smallest absolute Gasteiger partial charge is 0.321 e. The number of rotatable bonds is 5. The lowest BCUT2D eigenvalue weighted by atomic mass is 9.92. The molecule has 0 aliphatic carbocycles. The number of ether oxygens (including phenoxy) is 1. The maximum absolute atomic E-state index is 13.1. The van der Waals surface area contributed by atoms with E-state index in [1.54, 1.807) is 0 Å². The van der Waals surface area contributed by atoms with Crippen LogP contribution in [0.2, 0.25) is 0 Å². The summed E-state index contributed by atoms with van der Waals surface area (Å²) in [6, 6.07) is 6.45. The number of carbonyl (C=O) groups is 1. The van der Waals surface area contributed by atoms with E-state index in [1.807, 2.05) is 4.90 Å². The van der Waals surface area contributed by atoms with Crippen molar-refractivity contribution in [2.24, 2.45) is 5.92 Å². The average Bonchev–Trinajstić information content (AvgIpc) is 2.67. The summed E-state index contributed by atoms with van der Waals surface area (Å²) in [6.45, 7) is 17.9. The molecule has 2 amide bonds. The zero-order chi connectivity index (χ0) is 21.8. The topological polar surface area (TPSA) is 44.8 Å². The number of benzene rings is 1. The van der Waals surface area contributed by atoms with Gasteiger partial charge in [0, 0.05) is 38.4 Å². The maximum Gasteiger partial charge on any atom is 0.321 e. The molecule has 0 bridgehead atoms. The molecular weight excluding hydrogens is 374 g/mol. The van der Waals surface area contributed by atoms with Crippen molar-refractivity contribution in [3.05, 3.63) is 29.3 Å². The Balaban J connectivity index is 1.57. The highest BCUT2D eigenvalue weighted by atomic mass is 16.5. The van der Waals surface area contributed by atoms with Gasteiger partial charge in [0.15, 0.2) is 0 Å². The minimum absolute atomic E-state index is 0.0528. The van der Waals surface area contributed by atoms with Crippen molar-refractivity contribution in [2.75, 3.05) is 38.0 Å². The first-order valence-corrected chi connectivity index (χ1v) is 11.8. The largest absolute Gasteiger partial charge is 0.373 e. The van der Waals surface area contributed by atoms with E-state index in [0.29, 0.717) is 30.0 Å². The molecular formula is C25H41N3O2. The van der Waals surface area contributed by atoms with Gasteiger partial charge in [-0.2, -0.15) is 0 Å². The molecule has 2 saturated heterocycles. The van der Waals surface area contributed by atoms with Crippen molar-refractivity contribution in [3.8, 4) is 0 Å². The number of amides is 2. The third kappa shape index (κ3) is 5.76. The Morgan fingerprint density at radius 3 is 2.07 bits per heavy atom. The second-order valence-electron chi connectivity index (χ2n) is 9.96. The van der Waals surface area contributed by atoms with Crippen LogP contribution in [0.4, 0.5) is 10.5 Å². The molecule has 0 saturated carbocycles. The van der Waals surface area contributed by atoms with Gasteiger partial charge in [-0.05, 0) is 55.6 Å². The van der Waals surface area contributed by atoms with Crippen molar-refractivity contribution in [1.29, 1.82) is 0 Å². The number of nitrogens with one attached hydrogen (secondary N) is 1. The third-order valence-corrected chi connectivity index (χ3v) is 6.52. The van der Waals surface area contributed by atoms with Crippen molar-refractivity contribution >= 4 is 11.7 Å². The Morgan fingerprint density at radius 2 is 1.57 bits per heavy atom. The zero-order valence-corrected chi connectivity index (χ0v) is 19.8. The zero-order valence-electron chi connectivity index (χ0n) is 19.8. The summed E-state index contributed by atoms with van der Waals surface area (Å²) in [4.78, 5) is 17.6.